The van der Waals surface area contributed by atoms with Crippen molar-refractivity contribution < 1.29 is 0 Å². The molecule has 0 amide bonds. The minimum absolute atomic E-state index is 1.39. The van der Waals surface area contributed by atoms with Gasteiger partial charge in [0.05, 0.1) is 0 Å². The summed E-state index contributed by atoms with van der Waals surface area (Å²) in [7, 11) is 4.17. The van der Waals surface area contributed by atoms with Crippen molar-refractivity contribution in [1.82, 2.24) is 0 Å². The van der Waals surface area contributed by atoms with Crippen LogP contribution in [0.2, 0.25) is 0 Å². The average molecular weight is 105 g/mol. The third-order valence-corrected chi connectivity index (χ3v) is 0. The summed E-state index contributed by atoms with van der Waals surface area (Å²) in [5.74, 6) is 0. The van der Waals surface area contributed by atoms with Gasteiger partial charge in [-0.1, -0.05) is 4.79 Å². The van der Waals surface area contributed by atoms with Crippen LogP contribution in [0.15, 0.2) is 0 Å². The molecule has 0 aliphatic carbocycles. The molecule has 1 radical (unpaired) electrons. The Kier molecular flexibility index (Phi) is 2.24. The monoisotopic (exact) mass is 105 g/mol. The van der Waals surface area contributed by atoms with Crippen molar-refractivity contribution in [1.29, 1.82) is 0 Å². The maximum Gasteiger partial charge on any atom is 0.00166 e. The Morgan fingerprint density at radius 3 is 1.00 bits per heavy atom. The summed E-state index contributed by atoms with van der Waals surface area (Å²) in [6.45, 7) is 0. The molecule has 25 valence electrons. The number of hydrogen-bond acceptors (Lipinski definition) is 0. The smallest absolute Gasteiger partial charge is 0.00166 e. The quantitative estimate of drug-likeness (QED) is 0.281. The van der Waals surface area contributed by atoms with Crippen molar-refractivity contribution in [3.8, 4) is 0 Å². The summed E-state index contributed by atoms with van der Waals surface area (Å²) in [5, 5.41) is 0. The lowest BCUT2D eigenvalue weighted by Gasteiger charge is -1.77. The Morgan fingerprint density at radius 2 is 1.00 bits per heavy atom. The zero-order valence-electron chi connectivity index (χ0n) is 3.50. The molecule has 0 aromatic rings. The van der Waals surface area contributed by atoms with Gasteiger partial charge < -0.3 is 0 Å². The summed E-state index contributed by atoms with van der Waals surface area (Å²) in [5.41, 5.74) is 0. The molecule has 0 fully saturated rings. The van der Waals surface area contributed by atoms with E-state index in [-0.39, 0.29) is 0 Å². The van der Waals surface area contributed by atoms with Gasteiger partial charge in [-0.25, -0.2) is 0 Å². The van der Waals surface area contributed by atoms with Crippen molar-refractivity contribution in [3.63, 3.8) is 0 Å². The average Bonchev–Trinajstić information content (AvgIpc) is 0.811. The Hall–Kier alpha value is 0.651. The maximum absolute atomic E-state index is 1.83. The molecule has 0 unspecified atom stereocenters. The summed E-state index contributed by atoms with van der Waals surface area (Å²) < 4.78 is 0. The minimum atomic E-state index is 1.39. The Labute approximate surface area is 36.3 Å². The lowest BCUT2D eigenvalue weighted by Crippen LogP contribution is -1.90. The first-order valence-electron chi connectivity index (χ1n) is 1.50. The Bertz CT molecular complexity index is 8.00. The van der Waals surface area contributed by atoms with Gasteiger partial charge in [-0.3, -0.25) is 0 Å². The molecule has 0 nitrogen and oxygen atoms in total. The molecule has 0 saturated carbocycles. The van der Waals surface area contributed by atoms with Gasteiger partial charge in [0, 0.05) is 30.7 Å². The van der Waals surface area contributed by atoms with Gasteiger partial charge in [0.1, 0.15) is 0 Å². The Morgan fingerprint density at radius 1 is 1.00 bits per heavy atom. The highest BCUT2D eigenvalue weighted by molar-refractivity contribution is 6.64. The normalized spacial score (nSPS) is 11.2. The van der Waals surface area contributed by atoms with Crippen LogP contribution < -0.4 is 0 Å². The zero-order valence-corrected chi connectivity index (χ0v) is 9.50. The molecule has 4 heavy (non-hydrogen) atoms. The molecule has 0 saturated heterocycles. The molecule has 0 aromatic carbocycles. The maximum atomic E-state index is 1.83. The fourth-order valence-electron chi connectivity index (χ4n) is 0. The van der Waals surface area contributed by atoms with Gasteiger partial charge in [0.15, 0.2) is 0 Å². The predicted molar refractivity (Wildman–Crippen MR) is 33.1 cm³/mol. The molecule has 0 bridgehead atoms. The van der Waals surface area contributed by atoms with E-state index in [4.69, 9.17) is 0 Å². The topological polar surface area (TPSA) is 0 Å². The van der Waals surface area contributed by atoms with Crippen LogP contribution in [-0.4, -0.2) is 30.7 Å². The standard InChI is InChI=1S/CH9Si3/c2-1(3)4/h2-4H3. The predicted octanol–water partition coefficient (Wildman–Crippen LogP) is -3.47. The molecule has 0 N–H and O–H groups in total. The molecular formula is CH9Si3. The molecule has 0 spiro atoms. The molecule has 0 atom stereocenters. The van der Waals surface area contributed by atoms with E-state index in [9.17, 15) is 0 Å². The van der Waals surface area contributed by atoms with Gasteiger partial charge in [-0.2, -0.15) is 0 Å². The highest BCUT2D eigenvalue weighted by atomic mass is 28.3. The zero-order chi connectivity index (χ0) is 3.58. The van der Waals surface area contributed by atoms with Crippen molar-refractivity contribution in [2.75, 3.05) is 0 Å². The minimum Gasteiger partial charge on any atom is -0.0699 e. The molecule has 0 rings (SSSR count). The van der Waals surface area contributed by atoms with E-state index in [0.29, 0.717) is 0 Å². The van der Waals surface area contributed by atoms with Gasteiger partial charge >= 0.3 is 0 Å². The Balaban J connectivity index is 2.32. The van der Waals surface area contributed by atoms with Crippen molar-refractivity contribution >= 4 is 30.7 Å². The van der Waals surface area contributed by atoms with E-state index in [1.165, 1.54) is 30.7 Å². The van der Waals surface area contributed by atoms with E-state index in [2.05, 4.69) is 0 Å². The van der Waals surface area contributed by atoms with Crippen LogP contribution in [0, 0.1) is 4.79 Å². The van der Waals surface area contributed by atoms with E-state index in [1.807, 2.05) is 4.79 Å². The van der Waals surface area contributed by atoms with E-state index in [1.54, 1.807) is 0 Å². The van der Waals surface area contributed by atoms with Gasteiger partial charge in [-0.05, 0) is 0 Å². The number of hydrogen-bond donors (Lipinski definition) is 0. The lowest BCUT2D eigenvalue weighted by atomic mass is 11.8. The molecule has 0 heterocycles. The fourth-order valence-corrected chi connectivity index (χ4v) is 0. The fraction of sp³-hybridized carbons (Fsp3) is 0. The summed E-state index contributed by atoms with van der Waals surface area (Å²) >= 11 is 0. The van der Waals surface area contributed by atoms with Crippen molar-refractivity contribution in [3.05, 3.63) is 4.79 Å². The van der Waals surface area contributed by atoms with Crippen LogP contribution in [0.5, 0.6) is 0 Å². The van der Waals surface area contributed by atoms with Gasteiger partial charge in [0.25, 0.3) is 0 Å². The molecule has 3 heteroatoms. The summed E-state index contributed by atoms with van der Waals surface area (Å²) in [4.78, 5) is 1.83. The van der Waals surface area contributed by atoms with E-state index < -0.39 is 0 Å². The van der Waals surface area contributed by atoms with Crippen LogP contribution >= 0.6 is 0 Å². The third kappa shape index (κ3) is 17.1. The van der Waals surface area contributed by atoms with Crippen LogP contribution in [0.4, 0.5) is 0 Å². The highest BCUT2D eigenvalue weighted by Gasteiger charge is 1.70. The first-order chi connectivity index (χ1) is 1.73. The second kappa shape index (κ2) is 1.92. The van der Waals surface area contributed by atoms with Crippen LogP contribution in [0.3, 0.4) is 0 Å². The van der Waals surface area contributed by atoms with Gasteiger partial charge in [0.2, 0.25) is 0 Å². The van der Waals surface area contributed by atoms with Crippen molar-refractivity contribution in [2.45, 2.75) is 0 Å². The third-order valence-electron chi connectivity index (χ3n) is 0. The van der Waals surface area contributed by atoms with Crippen LogP contribution in [0.1, 0.15) is 0 Å². The van der Waals surface area contributed by atoms with Crippen LogP contribution in [0.25, 0.3) is 0 Å². The molecule has 0 aromatic heterocycles. The molecule has 0 aliphatic rings. The van der Waals surface area contributed by atoms with E-state index >= 15 is 0 Å². The SMILES string of the molecule is [SiH3][C]([SiH3])[SiH3]. The largest absolute Gasteiger partial charge is 0.0699 e. The summed E-state index contributed by atoms with van der Waals surface area (Å²) in [6.07, 6.45) is 0. The molecule has 0 aliphatic heterocycles. The first-order valence-corrected chi connectivity index (χ1v) is 4.50. The summed E-state index contributed by atoms with van der Waals surface area (Å²) in [6, 6.07) is 0. The first kappa shape index (κ1) is 4.65. The number of rotatable bonds is 0. The van der Waals surface area contributed by atoms with Gasteiger partial charge in [-0.15, -0.1) is 0 Å². The molecular weight excluding hydrogens is 96.3 g/mol. The second-order valence-electron chi connectivity index (χ2n) is 1.50. The van der Waals surface area contributed by atoms with Crippen LogP contribution in [-0.2, 0) is 0 Å². The van der Waals surface area contributed by atoms with E-state index in [0.717, 1.165) is 0 Å². The lowest BCUT2D eigenvalue weighted by molar-refractivity contribution is 2.36. The van der Waals surface area contributed by atoms with Crippen molar-refractivity contribution in [2.24, 2.45) is 0 Å². The highest BCUT2D eigenvalue weighted by Crippen LogP contribution is 1.60. The second-order valence-corrected chi connectivity index (χ2v) is 13.5.